The number of benzene rings is 1. The maximum absolute atomic E-state index is 9.21. The lowest BCUT2D eigenvalue weighted by Gasteiger charge is -2.28. The van der Waals surface area contributed by atoms with Gasteiger partial charge in [-0.2, -0.15) is 5.26 Å². The predicted octanol–water partition coefficient (Wildman–Crippen LogP) is 2.05. The number of likely N-dealkylation sites (N-methyl/N-ethyl adjacent to an activating group) is 2. The lowest BCUT2D eigenvalue weighted by atomic mass is 10.0. The monoisotopic (exact) mass is 245 g/mol. The fourth-order valence-electron chi connectivity index (χ4n) is 2.10. The normalized spacial score (nSPS) is 14.2. The fourth-order valence-corrected chi connectivity index (χ4v) is 2.10. The first-order chi connectivity index (χ1) is 8.59. The van der Waals surface area contributed by atoms with E-state index in [4.69, 9.17) is 0 Å². The Morgan fingerprint density at radius 2 is 2.00 bits per heavy atom. The molecular weight excluding hydrogens is 222 g/mol. The third kappa shape index (κ3) is 4.87. The lowest BCUT2D eigenvalue weighted by molar-refractivity contribution is 0.265. The molecule has 0 aromatic heterocycles. The first-order valence-electron chi connectivity index (χ1n) is 6.48. The highest BCUT2D eigenvalue weighted by atomic mass is 15.1. The van der Waals surface area contributed by atoms with Crippen molar-refractivity contribution in [3.8, 4) is 6.07 Å². The summed E-state index contributed by atoms with van der Waals surface area (Å²) in [6.07, 6.45) is 1.02. The molecule has 1 aromatic rings. The summed E-state index contributed by atoms with van der Waals surface area (Å²) in [5.41, 5.74) is 0.881. The van der Waals surface area contributed by atoms with Crippen LogP contribution in [-0.2, 0) is 6.42 Å². The van der Waals surface area contributed by atoms with Crippen LogP contribution in [-0.4, -0.2) is 37.1 Å². The Bertz CT molecular complexity index is 382. The summed E-state index contributed by atoms with van der Waals surface area (Å²) >= 11 is 0. The summed E-state index contributed by atoms with van der Waals surface area (Å²) in [6.45, 7) is 6.50. The second kappa shape index (κ2) is 7.15. The van der Waals surface area contributed by atoms with Crippen LogP contribution in [0.4, 0.5) is 0 Å². The first kappa shape index (κ1) is 14.7. The van der Waals surface area contributed by atoms with Crippen molar-refractivity contribution in [2.75, 3.05) is 26.7 Å². The molecule has 3 heteroatoms. The van der Waals surface area contributed by atoms with E-state index in [1.807, 2.05) is 19.9 Å². The Morgan fingerprint density at radius 1 is 1.33 bits per heavy atom. The molecule has 0 saturated heterocycles. The number of rotatable bonds is 7. The third-order valence-electron chi connectivity index (χ3n) is 3.02. The number of nitrogens with one attached hydrogen (secondary N) is 1. The molecule has 1 rings (SSSR count). The average Bonchev–Trinajstić information content (AvgIpc) is 2.38. The summed E-state index contributed by atoms with van der Waals surface area (Å²) < 4.78 is 0. The largest absolute Gasteiger partial charge is 0.303 e. The fraction of sp³-hybridized carbons (Fsp3) is 0.533. The molecule has 1 aromatic carbocycles. The van der Waals surface area contributed by atoms with Gasteiger partial charge in [0, 0.05) is 13.1 Å². The molecule has 0 aliphatic carbocycles. The van der Waals surface area contributed by atoms with E-state index in [1.165, 1.54) is 5.56 Å². The van der Waals surface area contributed by atoms with Crippen LogP contribution < -0.4 is 5.32 Å². The smallest absolute Gasteiger partial charge is 0.116 e. The van der Waals surface area contributed by atoms with Gasteiger partial charge in [-0.05, 0) is 32.5 Å². The van der Waals surface area contributed by atoms with E-state index in [9.17, 15) is 5.26 Å². The summed E-state index contributed by atoms with van der Waals surface area (Å²) in [5.74, 6) is 0. The van der Waals surface area contributed by atoms with Gasteiger partial charge in [-0.3, -0.25) is 5.32 Å². The molecule has 18 heavy (non-hydrogen) atoms. The predicted molar refractivity (Wildman–Crippen MR) is 75.3 cm³/mol. The van der Waals surface area contributed by atoms with Crippen LogP contribution in [0, 0.1) is 11.3 Å². The SMILES string of the molecule is CCNC(C)(C#N)CN(C)CCc1ccccc1. The van der Waals surface area contributed by atoms with E-state index in [1.54, 1.807) is 0 Å². The van der Waals surface area contributed by atoms with E-state index in [-0.39, 0.29) is 0 Å². The molecule has 1 atom stereocenters. The summed E-state index contributed by atoms with van der Waals surface area (Å²) in [5, 5.41) is 12.4. The number of nitrogens with zero attached hydrogens (tertiary/aromatic N) is 2. The number of hydrogen-bond acceptors (Lipinski definition) is 3. The third-order valence-corrected chi connectivity index (χ3v) is 3.02. The maximum atomic E-state index is 9.21. The van der Waals surface area contributed by atoms with E-state index in [0.717, 1.165) is 26.1 Å². The molecule has 98 valence electrons. The van der Waals surface area contributed by atoms with Crippen LogP contribution in [0.3, 0.4) is 0 Å². The lowest BCUT2D eigenvalue weighted by Crippen LogP contribution is -2.49. The van der Waals surface area contributed by atoms with Crippen molar-refractivity contribution in [3.63, 3.8) is 0 Å². The topological polar surface area (TPSA) is 39.1 Å². The first-order valence-corrected chi connectivity index (χ1v) is 6.48. The van der Waals surface area contributed by atoms with Crippen LogP contribution in [0.15, 0.2) is 30.3 Å². The van der Waals surface area contributed by atoms with Crippen molar-refractivity contribution in [1.82, 2.24) is 10.2 Å². The van der Waals surface area contributed by atoms with Crippen molar-refractivity contribution < 1.29 is 0 Å². The van der Waals surface area contributed by atoms with E-state index >= 15 is 0 Å². The Morgan fingerprint density at radius 3 is 2.56 bits per heavy atom. The van der Waals surface area contributed by atoms with E-state index in [2.05, 4.69) is 47.6 Å². The quantitative estimate of drug-likeness (QED) is 0.799. The van der Waals surface area contributed by atoms with Gasteiger partial charge in [-0.25, -0.2) is 0 Å². The maximum Gasteiger partial charge on any atom is 0.116 e. The Labute approximate surface area is 110 Å². The molecule has 0 saturated carbocycles. The van der Waals surface area contributed by atoms with Gasteiger partial charge in [0.05, 0.1) is 6.07 Å². The summed E-state index contributed by atoms with van der Waals surface area (Å²) in [6, 6.07) is 12.8. The minimum absolute atomic E-state index is 0.458. The molecule has 0 aliphatic rings. The van der Waals surface area contributed by atoms with Crippen molar-refractivity contribution in [2.24, 2.45) is 0 Å². The zero-order chi connectivity index (χ0) is 13.4. The van der Waals surface area contributed by atoms with Gasteiger partial charge in [0.25, 0.3) is 0 Å². The molecule has 0 bridgehead atoms. The second-order valence-electron chi connectivity index (χ2n) is 4.95. The van der Waals surface area contributed by atoms with Crippen molar-refractivity contribution in [2.45, 2.75) is 25.8 Å². The van der Waals surface area contributed by atoms with Crippen LogP contribution in [0.1, 0.15) is 19.4 Å². The van der Waals surface area contributed by atoms with Crippen LogP contribution >= 0.6 is 0 Å². The van der Waals surface area contributed by atoms with E-state index < -0.39 is 5.54 Å². The average molecular weight is 245 g/mol. The standard InChI is InChI=1S/C15H23N3/c1-4-17-15(2,12-16)13-18(3)11-10-14-8-6-5-7-9-14/h5-9,17H,4,10-11,13H2,1-3H3. The Hall–Kier alpha value is -1.37. The van der Waals surface area contributed by atoms with Crippen molar-refractivity contribution in [1.29, 1.82) is 5.26 Å². The molecular formula is C15H23N3. The Balaban J connectivity index is 2.42. The van der Waals surface area contributed by atoms with Gasteiger partial charge in [0.15, 0.2) is 0 Å². The highest BCUT2D eigenvalue weighted by Gasteiger charge is 2.23. The van der Waals surface area contributed by atoms with Crippen molar-refractivity contribution in [3.05, 3.63) is 35.9 Å². The van der Waals surface area contributed by atoms with Gasteiger partial charge in [0.2, 0.25) is 0 Å². The van der Waals surface area contributed by atoms with Gasteiger partial charge >= 0.3 is 0 Å². The summed E-state index contributed by atoms with van der Waals surface area (Å²) in [7, 11) is 2.07. The zero-order valence-corrected chi connectivity index (χ0v) is 11.6. The van der Waals surface area contributed by atoms with Crippen LogP contribution in [0.25, 0.3) is 0 Å². The molecule has 0 amide bonds. The second-order valence-corrected chi connectivity index (χ2v) is 4.95. The minimum atomic E-state index is -0.458. The molecule has 0 aliphatic heterocycles. The van der Waals surface area contributed by atoms with Crippen molar-refractivity contribution >= 4 is 0 Å². The van der Waals surface area contributed by atoms with Gasteiger partial charge in [-0.1, -0.05) is 37.3 Å². The molecule has 0 radical (unpaired) electrons. The van der Waals surface area contributed by atoms with Gasteiger partial charge < -0.3 is 4.90 Å². The van der Waals surface area contributed by atoms with Crippen LogP contribution in [0.2, 0.25) is 0 Å². The summed E-state index contributed by atoms with van der Waals surface area (Å²) in [4.78, 5) is 2.21. The Kier molecular flexibility index (Phi) is 5.84. The minimum Gasteiger partial charge on any atom is -0.303 e. The molecule has 0 spiro atoms. The number of nitriles is 1. The van der Waals surface area contributed by atoms with Gasteiger partial charge in [-0.15, -0.1) is 0 Å². The highest BCUT2D eigenvalue weighted by Crippen LogP contribution is 2.06. The number of hydrogen-bond donors (Lipinski definition) is 1. The van der Waals surface area contributed by atoms with Crippen LogP contribution in [0.5, 0.6) is 0 Å². The van der Waals surface area contributed by atoms with Gasteiger partial charge in [0.1, 0.15) is 5.54 Å². The van der Waals surface area contributed by atoms with E-state index in [0.29, 0.717) is 0 Å². The molecule has 0 heterocycles. The zero-order valence-electron chi connectivity index (χ0n) is 11.6. The molecule has 1 N–H and O–H groups in total. The molecule has 1 unspecified atom stereocenters. The highest BCUT2D eigenvalue weighted by molar-refractivity contribution is 5.15. The molecule has 3 nitrogen and oxygen atoms in total. The molecule has 0 fully saturated rings.